The van der Waals surface area contributed by atoms with Crippen LogP contribution in [0.15, 0.2) is 48.5 Å². The third kappa shape index (κ3) is 2.37. The van der Waals surface area contributed by atoms with Gasteiger partial charge in [0, 0.05) is 11.3 Å². The van der Waals surface area contributed by atoms with E-state index in [4.69, 9.17) is 5.41 Å². The normalized spacial score (nSPS) is 14.8. The second-order valence-electron chi connectivity index (χ2n) is 5.48. The first kappa shape index (κ1) is 14.3. The van der Waals surface area contributed by atoms with Crippen molar-refractivity contribution in [2.45, 2.75) is 25.8 Å². The van der Waals surface area contributed by atoms with E-state index in [1.54, 1.807) is 0 Å². The van der Waals surface area contributed by atoms with E-state index >= 15 is 0 Å². The standard InChI is InChI=1S/C18H18N2O2/c1-2-15(18(21)22)12-7-9-14(10-8-12)20-11-13-5-3-4-6-16(13)17(20)19/h3-10,15,19H,2,11H2,1H3,(H,21,22). The number of carbonyl (C=O) groups is 1. The number of fused-ring (bicyclic) bond motifs is 1. The maximum absolute atomic E-state index is 11.2. The van der Waals surface area contributed by atoms with Crippen molar-refractivity contribution in [2.75, 3.05) is 4.90 Å². The predicted octanol–water partition coefficient (Wildman–Crippen LogP) is 3.61. The van der Waals surface area contributed by atoms with E-state index in [0.717, 1.165) is 22.4 Å². The molecule has 0 saturated heterocycles. The Balaban J connectivity index is 1.86. The van der Waals surface area contributed by atoms with E-state index in [9.17, 15) is 9.90 Å². The number of nitrogens with one attached hydrogen (secondary N) is 1. The fraction of sp³-hybridized carbons (Fsp3) is 0.222. The fourth-order valence-electron chi connectivity index (χ4n) is 2.94. The van der Waals surface area contributed by atoms with Gasteiger partial charge in [-0.15, -0.1) is 0 Å². The van der Waals surface area contributed by atoms with E-state index in [1.165, 1.54) is 0 Å². The molecular weight excluding hydrogens is 276 g/mol. The first-order chi connectivity index (χ1) is 10.6. The summed E-state index contributed by atoms with van der Waals surface area (Å²) in [6.45, 7) is 2.56. The van der Waals surface area contributed by atoms with Gasteiger partial charge in [-0.3, -0.25) is 10.2 Å². The monoisotopic (exact) mass is 294 g/mol. The average molecular weight is 294 g/mol. The summed E-state index contributed by atoms with van der Waals surface area (Å²) in [5.74, 6) is -0.769. The molecule has 1 aliphatic rings. The zero-order valence-corrected chi connectivity index (χ0v) is 12.4. The highest BCUT2D eigenvalue weighted by Gasteiger charge is 2.25. The summed E-state index contributed by atoms with van der Waals surface area (Å²) >= 11 is 0. The van der Waals surface area contributed by atoms with Crippen LogP contribution >= 0.6 is 0 Å². The second kappa shape index (κ2) is 5.64. The van der Waals surface area contributed by atoms with Gasteiger partial charge in [0.25, 0.3) is 0 Å². The maximum Gasteiger partial charge on any atom is 0.310 e. The van der Waals surface area contributed by atoms with Crippen molar-refractivity contribution in [2.24, 2.45) is 0 Å². The Labute approximate surface area is 129 Å². The number of nitrogens with zero attached hydrogens (tertiary/aromatic N) is 1. The summed E-state index contributed by atoms with van der Waals surface area (Å²) in [5, 5.41) is 17.5. The van der Waals surface area contributed by atoms with Crippen LogP contribution in [0, 0.1) is 5.41 Å². The minimum atomic E-state index is -0.795. The SMILES string of the molecule is CCC(C(=O)O)c1ccc(N2Cc3ccccc3C2=N)cc1. The Morgan fingerprint density at radius 3 is 2.50 bits per heavy atom. The lowest BCUT2D eigenvalue weighted by atomic mass is 9.96. The Bertz CT molecular complexity index is 722. The summed E-state index contributed by atoms with van der Waals surface area (Å²) in [7, 11) is 0. The van der Waals surface area contributed by atoms with Crippen molar-refractivity contribution in [1.29, 1.82) is 5.41 Å². The van der Waals surface area contributed by atoms with E-state index < -0.39 is 11.9 Å². The highest BCUT2D eigenvalue weighted by molar-refractivity contribution is 6.11. The van der Waals surface area contributed by atoms with Crippen molar-refractivity contribution in [3.05, 3.63) is 65.2 Å². The zero-order chi connectivity index (χ0) is 15.7. The molecule has 2 N–H and O–H groups in total. The molecule has 2 aromatic carbocycles. The topological polar surface area (TPSA) is 64.4 Å². The van der Waals surface area contributed by atoms with Crippen molar-refractivity contribution in [1.82, 2.24) is 0 Å². The van der Waals surface area contributed by atoms with Crippen LogP contribution in [0.3, 0.4) is 0 Å². The van der Waals surface area contributed by atoms with Crippen molar-refractivity contribution >= 4 is 17.5 Å². The first-order valence-corrected chi connectivity index (χ1v) is 7.39. The number of hydrogen-bond donors (Lipinski definition) is 2. The molecule has 112 valence electrons. The Kier molecular flexibility index (Phi) is 3.67. The van der Waals surface area contributed by atoms with Crippen LogP contribution in [0.4, 0.5) is 5.69 Å². The highest BCUT2D eigenvalue weighted by atomic mass is 16.4. The molecule has 0 aliphatic carbocycles. The minimum Gasteiger partial charge on any atom is -0.481 e. The lowest BCUT2D eigenvalue weighted by Crippen LogP contribution is -2.23. The van der Waals surface area contributed by atoms with Crippen LogP contribution in [-0.4, -0.2) is 16.9 Å². The van der Waals surface area contributed by atoms with Crippen molar-refractivity contribution in [3.63, 3.8) is 0 Å². The first-order valence-electron chi connectivity index (χ1n) is 7.39. The summed E-state index contributed by atoms with van der Waals surface area (Å²) in [6.07, 6.45) is 0.569. The average Bonchev–Trinajstić information content (AvgIpc) is 2.86. The van der Waals surface area contributed by atoms with Gasteiger partial charge in [-0.1, -0.05) is 43.3 Å². The predicted molar refractivity (Wildman–Crippen MR) is 86.6 cm³/mol. The number of anilines is 1. The molecule has 0 fully saturated rings. The summed E-state index contributed by atoms with van der Waals surface area (Å²) in [6, 6.07) is 15.4. The molecule has 1 atom stereocenters. The molecule has 0 radical (unpaired) electrons. The molecular formula is C18H18N2O2. The largest absolute Gasteiger partial charge is 0.481 e. The van der Waals surface area contributed by atoms with Crippen molar-refractivity contribution < 1.29 is 9.90 Å². The molecule has 0 saturated carbocycles. The molecule has 3 rings (SSSR count). The number of amidine groups is 1. The molecule has 1 unspecified atom stereocenters. The Morgan fingerprint density at radius 2 is 1.91 bits per heavy atom. The van der Waals surface area contributed by atoms with Crippen LogP contribution in [0.5, 0.6) is 0 Å². The molecule has 0 spiro atoms. The van der Waals surface area contributed by atoms with Gasteiger partial charge in [-0.2, -0.15) is 0 Å². The van der Waals surface area contributed by atoms with Crippen LogP contribution in [-0.2, 0) is 11.3 Å². The lowest BCUT2D eigenvalue weighted by molar-refractivity contribution is -0.138. The van der Waals surface area contributed by atoms with E-state index in [0.29, 0.717) is 18.8 Å². The molecule has 22 heavy (non-hydrogen) atoms. The third-order valence-corrected chi connectivity index (χ3v) is 4.18. The van der Waals surface area contributed by atoms with Crippen molar-refractivity contribution in [3.8, 4) is 0 Å². The Morgan fingerprint density at radius 1 is 1.23 bits per heavy atom. The van der Waals surface area contributed by atoms with Gasteiger partial charge in [0.1, 0.15) is 5.84 Å². The quantitative estimate of drug-likeness (QED) is 0.905. The number of carboxylic acids is 1. The summed E-state index contributed by atoms with van der Waals surface area (Å²) in [5.41, 5.74) is 3.84. The van der Waals surface area contributed by atoms with E-state index in [-0.39, 0.29) is 0 Å². The Hall–Kier alpha value is -2.62. The van der Waals surface area contributed by atoms with Gasteiger partial charge < -0.3 is 10.0 Å². The minimum absolute atomic E-state index is 0.468. The van der Waals surface area contributed by atoms with Crippen LogP contribution in [0.2, 0.25) is 0 Å². The molecule has 0 amide bonds. The molecule has 1 aliphatic heterocycles. The smallest absolute Gasteiger partial charge is 0.310 e. The maximum atomic E-state index is 11.2. The number of carboxylic acid groups (broad SMARTS) is 1. The number of rotatable bonds is 4. The van der Waals surface area contributed by atoms with Gasteiger partial charge in [0.2, 0.25) is 0 Å². The van der Waals surface area contributed by atoms with Gasteiger partial charge in [0.15, 0.2) is 0 Å². The molecule has 1 heterocycles. The molecule has 0 aromatic heterocycles. The van der Waals surface area contributed by atoms with Crippen LogP contribution in [0.25, 0.3) is 0 Å². The number of benzene rings is 2. The van der Waals surface area contributed by atoms with Gasteiger partial charge in [-0.05, 0) is 29.7 Å². The zero-order valence-electron chi connectivity index (χ0n) is 12.4. The molecule has 2 aromatic rings. The van der Waals surface area contributed by atoms with Gasteiger partial charge in [-0.25, -0.2) is 0 Å². The summed E-state index contributed by atoms with van der Waals surface area (Å²) in [4.78, 5) is 13.2. The van der Waals surface area contributed by atoms with Gasteiger partial charge in [0.05, 0.1) is 12.5 Å². The molecule has 0 bridgehead atoms. The van der Waals surface area contributed by atoms with Crippen LogP contribution in [0.1, 0.15) is 36.0 Å². The second-order valence-corrected chi connectivity index (χ2v) is 5.48. The number of hydrogen-bond acceptors (Lipinski definition) is 2. The van der Waals surface area contributed by atoms with Gasteiger partial charge >= 0.3 is 5.97 Å². The van der Waals surface area contributed by atoms with Crippen LogP contribution < -0.4 is 4.90 Å². The summed E-state index contributed by atoms with van der Waals surface area (Å²) < 4.78 is 0. The molecule has 4 heteroatoms. The van der Waals surface area contributed by atoms with E-state index in [1.807, 2.05) is 60.4 Å². The highest BCUT2D eigenvalue weighted by Crippen LogP contribution is 2.29. The molecule has 4 nitrogen and oxygen atoms in total. The fourth-order valence-corrected chi connectivity index (χ4v) is 2.94. The number of aliphatic carboxylic acids is 1. The van der Waals surface area contributed by atoms with E-state index in [2.05, 4.69) is 0 Å². The third-order valence-electron chi connectivity index (χ3n) is 4.18. The lowest BCUT2D eigenvalue weighted by Gasteiger charge is -2.19.